The van der Waals surface area contributed by atoms with E-state index in [9.17, 15) is 0 Å². The van der Waals surface area contributed by atoms with Crippen molar-refractivity contribution in [2.75, 3.05) is 31.1 Å². The minimum atomic E-state index is 0.682. The lowest BCUT2D eigenvalue weighted by atomic mass is 9.99. The molecular weight excluding hydrogens is 236 g/mol. The van der Waals surface area contributed by atoms with E-state index >= 15 is 0 Å². The maximum absolute atomic E-state index is 9.06. The topological polar surface area (TPSA) is 52.0 Å². The van der Waals surface area contributed by atoms with E-state index in [1.54, 1.807) is 0 Å². The molecule has 102 valence electrons. The predicted molar refractivity (Wildman–Crippen MR) is 77.2 cm³/mol. The number of hydrogen-bond donors (Lipinski definition) is 1. The van der Waals surface area contributed by atoms with Gasteiger partial charge in [0.15, 0.2) is 0 Å². The van der Waals surface area contributed by atoms with Crippen molar-refractivity contribution in [1.29, 1.82) is 5.26 Å². The monoisotopic (exact) mass is 258 g/mol. The third-order valence-electron chi connectivity index (χ3n) is 3.65. The van der Waals surface area contributed by atoms with E-state index in [2.05, 4.69) is 28.2 Å². The molecule has 4 heteroatoms. The van der Waals surface area contributed by atoms with Gasteiger partial charge in [-0.25, -0.2) is 4.98 Å². The molecule has 0 aromatic carbocycles. The van der Waals surface area contributed by atoms with E-state index in [1.807, 2.05) is 19.1 Å². The van der Waals surface area contributed by atoms with Crippen molar-refractivity contribution in [2.24, 2.45) is 5.92 Å². The Bertz CT molecular complexity index is 458. The Balaban J connectivity index is 2.12. The van der Waals surface area contributed by atoms with Gasteiger partial charge in [-0.3, -0.25) is 0 Å². The van der Waals surface area contributed by atoms with Gasteiger partial charge in [-0.1, -0.05) is 0 Å². The first-order valence-electron chi connectivity index (χ1n) is 7.07. The lowest BCUT2D eigenvalue weighted by Crippen LogP contribution is -2.38. The van der Waals surface area contributed by atoms with Crippen molar-refractivity contribution < 1.29 is 0 Å². The summed E-state index contributed by atoms with van der Waals surface area (Å²) < 4.78 is 0. The summed E-state index contributed by atoms with van der Waals surface area (Å²) in [6.07, 6.45) is 2.54. The molecule has 1 unspecified atom stereocenters. The number of nitriles is 1. The highest BCUT2D eigenvalue weighted by Crippen LogP contribution is 2.18. The molecule has 1 aliphatic rings. The maximum atomic E-state index is 9.06. The zero-order chi connectivity index (χ0) is 13.7. The van der Waals surface area contributed by atoms with Gasteiger partial charge in [-0.15, -0.1) is 0 Å². The van der Waals surface area contributed by atoms with Gasteiger partial charge in [-0.2, -0.15) is 5.26 Å². The van der Waals surface area contributed by atoms with Crippen LogP contribution in [0, 0.1) is 24.2 Å². The normalized spacial score (nSPS) is 18.9. The summed E-state index contributed by atoms with van der Waals surface area (Å²) in [7, 11) is 0. The van der Waals surface area contributed by atoms with Crippen molar-refractivity contribution in [2.45, 2.75) is 26.7 Å². The van der Waals surface area contributed by atoms with Crippen LogP contribution in [0.5, 0.6) is 0 Å². The van der Waals surface area contributed by atoms with E-state index < -0.39 is 0 Å². The average molecular weight is 258 g/mol. The second-order valence-electron chi connectivity index (χ2n) is 5.22. The molecule has 0 amide bonds. The quantitative estimate of drug-likeness (QED) is 0.898. The summed E-state index contributed by atoms with van der Waals surface area (Å²) in [5.74, 6) is 1.62. The fraction of sp³-hybridized carbons (Fsp3) is 0.600. The van der Waals surface area contributed by atoms with Crippen LogP contribution in [-0.4, -0.2) is 31.2 Å². The van der Waals surface area contributed by atoms with Gasteiger partial charge in [0.05, 0.1) is 11.6 Å². The van der Waals surface area contributed by atoms with Crippen LogP contribution >= 0.6 is 0 Å². The number of pyridine rings is 1. The number of piperidine rings is 1. The van der Waals surface area contributed by atoms with Crippen molar-refractivity contribution >= 4 is 5.82 Å². The highest BCUT2D eigenvalue weighted by molar-refractivity contribution is 5.46. The van der Waals surface area contributed by atoms with Gasteiger partial charge in [0.1, 0.15) is 5.82 Å². The van der Waals surface area contributed by atoms with Crippen LogP contribution < -0.4 is 10.2 Å². The number of nitrogens with one attached hydrogen (secondary N) is 1. The molecule has 0 saturated carbocycles. The summed E-state index contributed by atoms with van der Waals surface area (Å²) in [6, 6.07) is 5.94. The van der Waals surface area contributed by atoms with Crippen molar-refractivity contribution in [3.8, 4) is 6.07 Å². The van der Waals surface area contributed by atoms with Crippen molar-refractivity contribution in [1.82, 2.24) is 10.3 Å². The molecule has 0 bridgehead atoms. The lowest BCUT2D eigenvalue weighted by Gasteiger charge is -2.30. The number of rotatable bonds is 4. The smallest absolute Gasteiger partial charge is 0.130 e. The fourth-order valence-electron chi connectivity index (χ4n) is 2.65. The Morgan fingerprint density at radius 2 is 2.37 bits per heavy atom. The number of anilines is 1. The van der Waals surface area contributed by atoms with Crippen LogP contribution in [0.2, 0.25) is 0 Å². The van der Waals surface area contributed by atoms with Crippen LogP contribution in [0.3, 0.4) is 0 Å². The van der Waals surface area contributed by atoms with Gasteiger partial charge in [0.25, 0.3) is 0 Å². The first kappa shape index (κ1) is 13.8. The molecule has 1 N–H and O–H groups in total. The Morgan fingerprint density at radius 1 is 1.53 bits per heavy atom. The van der Waals surface area contributed by atoms with Crippen molar-refractivity contribution in [3.63, 3.8) is 0 Å². The summed E-state index contributed by atoms with van der Waals surface area (Å²) >= 11 is 0. The molecule has 1 saturated heterocycles. The third kappa shape index (κ3) is 3.68. The second-order valence-corrected chi connectivity index (χ2v) is 5.22. The molecule has 19 heavy (non-hydrogen) atoms. The standard InChI is InChI=1S/C15H22N4/c1-3-19(11-13-5-4-6-17-10-13)15-8-14(9-16)7-12(2)18-15/h7-8,13,17H,3-6,10-11H2,1-2H3. The maximum Gasteiger partial charge on any atom is 0.130 e. The molecule has 1 atom stereocenters. The van der Waals surface area contributed by atoms with Crippen LogP contribution in [0.1, 0.15) is 31.0 Å². The van der Waals surface area contributed by atoms with Crippen LogP contribution in [0.4, 0.5) is 5.82 Å². The first-order valence-corrected chi connectivity index (χ1v) is 7.07. The summed E-state index contributed by atoms with van der Waals surface area (Å²) in [5, 5.41) is 12.5. The van der Waals surface area contributed by atoms with E-state index in [-0.39, 0.29) is 0 Å². The molecule has 1 fully saturated rings. The fourth-order valence-corrected chi connectivity index (χ4v) is 2.65. The van der Waals surface area contributed by atoms with Crippen LogP contribution in [0.25, 0.3) is 0 Å². The Hall–Kier alpha value is -1.60. The minimum absolute atomic E-state index is 0.682. The zero-order valence-electron chi connectivity index (χ0n) is 11.8. The van der Waals surface area contributed by atoms with Gasteiger partial charge in [0.2, 0.25) is 0 Å². The van der Waals surface area contributed by atoms with Gasteiger partial charge in [-0.05, 0) is 57.8 Å². The molecule has 0 aliphatic carbocycles. The van der Waals surface area contributed by atoms with Crippen LogP contribution in [-0.2, 0) is 0 Å². The third-order valence-corrected chi connectivity index (χ3v) is 3.65. The molecule has 1 aromatic heterocycles. The summed E-state index contributed by atoms with van der Waals surface area (Å²) in [5.41, 5.74) is 1.61. The summed E-state index contributed by atoms with van der Waals surface area (Å²) in [6.45, 7) is 8.27. The molecule has 2 rings (SSSR count). The number of aromatic nitrogens is 1. The van der Waals surface area contributed by atoms with E-state index in [4.69, 9.17) is 5.26 Å². The van der Waals surface area contributed by atoms with Crippen molar-refractivity contribution in [3.05, 3.63) is 23.4 Å². The van der Waals surface area contributed by atoms with E-state index in [0.29, 0.717) is 11.5 Å². The molecule has 0 radical (unpaired) electrons. The Labute approximate surface area is 115 Å². The molecule has 0 spiro atoms. The Kier molecular flexibility index (Phi) is 4.75. The minimum Gasteiger partial charge on any atom is -0.357 e. The Morgan fingerprint density at radius 3 is 3.00 bits per heavy atom. The molecular formula is C15H22N4. The second kappa shape index (κ2) is 6.53. The molecule has 1 aliphatic heterocycles. The average Bonchev–Trinajstić information content (AvgIpc) is 2.45. The molecule has 1 aromatic rings. The first-order chi connectivity index (χ1) is 9.22. The number of nitrogens with zero attached hydrogens (tertiary/aromatic N) is 3. The van der Waals surface area contributed by atoms with E-state index in [0.717, 1.165) is 37.7 Å². The highest BCUT2D eigenvalue weighted by Gasteiger charge is 2.17. The van der Waals surface area contributed by atoms with E-state index in [1.165, 1.54) is 12.8 Å². The lowest BCUT2D eigenvalue weighted by molar-refractivity contribution is 0.377. The van der Waals surface area contributed by atoms with Gasteiger partial charge < -0.3 is 10.2 Å². The molecule has 2 heterocycles. The van der Waals surface area contributed by atoms with Crippen LogP contribution in [0.15, 0.2) is 12.1 Å². The zero-order valence-corrected chi connectivity index (χ0v) is 11.8. The largest absolute Gasteiger partial charge is 0.357 e. The number of aryl methyl sites for hydroxylation is 1. The van der Waals surface area contributed by atoms with Gasteiger partial charge >= 0.3 is 0 Å². The SMILES string of the molecule is CCN(CC1CCCNC1)c1cc(C#N)cc(C)n1. The van der Waals surface area contributed by atoms with Gasteiger partial charge in [0, 0.05) is 18.8 Å². The highest BCUT2D eigenvalue weighted by atomic mass is 15.2. The number of hydrogen-bond acceptors (Lipinski definition) is 4. The predicted octanol–water partition coefficient (Wildman–Crippen LogP) is 2.09. The summed E-state index contributed by atoms with van der Waals surface area (Å²) in [4.78, 5) is 6.86. The molecule has 4 nitrogen and oxygen atoms in total.